The summed E-state index contributed by atoms with van der Waals surface area (Å²) in [4.78, 5) is 19.6. The van der Waals surface area contributed by atoms with Gasteiger partial charge in [-0.05, 0) is 0 Å². The van der Waals surface area contributed by atoms with Crippen molar-refractivity contribution in [3.05, 3.63) is 0 Å². The first-order chi connectivity index (χ1) is 7.86. The molecule has 4 aliphatic heterocycles. The third-order valence-electron chi connectivity index (χ3n) is 4.02. The molecule has 0 N–H and O–H groups in total. The second-order valence-corrected chi connectivity index (χ2v) is 7.03. The highest BCUT2D eigenvalue weighted by atomic mass is 16.1. The topological polar surface area (TPSA) is 26.8 Å². The molecule has 0 spiro atoms. The summed E-state index contributed by atoms with van der Waals surface area (Å²) in [6.07, 6.45) is 0. The van der Waals surface area contributed by atoms with Gasteiger partial charge in [-0.2, -0.15) is 0 Å². The number of nitrogens with zero attached hydrogens (tertiary/aromatic N) is 4. The lowest BCUT2D eigenvalue weighted by atomic mass is 9.90. The molecule has 0 aromatic rings. The molecule has 4 fully saturated rings. The molecule has 4 aliphatic rings. The molecular weight excluding hydrogens is 216 g/mol. The van der Waals surface area contributed by atoms with Gasteiger partial charge >= 0.3 is 0 Å². The lowest BCUT2D eigenvalue weighted by Crippen LogP contribution is -2.80. The normalized spacial score (nSPS) is 44.1. The van der Waals surface area contributed by atoms with E-state index in [1.165, 1.54) is 0 Å². The first-order valence-electron chi connectivity index (χ1n) is 6.42. The number of quaternary nitrogens is 1. The predicted octanol–water partition coefficient (Wildman–Crippen LogP) is 0.110. The standard InChI is InChI=1S/C12H23N4O/c1-12(2,3)11(17)4-16-8-13-5-14(9-16)7-15(6-13)10-16/h4-10H2,1-3H3/q+1. The van der Waals surface area contributed by atoms with E-state index in [1.807, 2.05) is 20.8 Å². The molecule has 0 radical (unpaired) electrons. The molecule has 0 aromatic heterocycles. The van der Waals surface area contributed by atoms with Crippen molar-refractivity contribution in [2.45, 2.75) is 20.8 Å². The van der Waals surface area contributed by atoms with Crippen molar-refractivity contribution >= 4 is 5.78 Å². The maximum Gasteiger partial charge on any atom is 0.192 e. The maximum absolute atomic E-state index is 12.3. The first kappa shape index (κ1) is 11.6. The van der Waals surface area contributed by atoms with Gasteiger partial charge in [-0.25, -0.2) is 14.7 Å². The van der Waals surface area contributed by atoms with E-state index in [-0.39, 0.29) is 5.41 Å². The van der Waals surface area contributed by atoms with Crippen LogP contribution in [0.5, 0.6) is 0 Å². The molecule has 0 amide bonds. The van der Waals surface area contributed by atoms with Crippen LogP contribution in [-0.4, -0.2) is 71.5 Å². The molecule has 0 unspecified atom stereocenters. The third kappa shape index (κ3) is 2.01. The van der Waals surface area contributed by atoms with Crippen LogP contribution >= 0.6 is 0 Å². The SMILES string of the molecule is CC(C)(C)C(=O)C[N+]12CN3CN(CN(C3)C1)C2. The Balaban J connectivity index is 1.76. The molecule has 4 rings (SSSR count). The molecule has 0 saturated carbocycles. The molecule has 0 atom stereocenters. The average Bonchev–Trinajstić information content (AvgIpc) is 2.12. The highest BCUT2D eigenvalue weighted by molar-refractivity contribution is 5.84. The second kappa shape index (κ2) is 3.51. The van der Waals surface area contributed by atoms with E-state index in [2.05, 4.69) is 14.7 Å². The number of rotatable bonds is 2. The molecule has 5 nitrogen and oxygen atoms in total. The van der Waals surface area contributed by atoms with Gasteiger partial charge in [-0.3, -0.25) is 9.28 Å². The number of carbonyl (C=O) groups is 1. The highest BCUT2D eigenvalue weighted by Crippen LogP contribution is 2.30. The fraction of sp³-hybridized carbons (Fsp3) is 0.917. The molecule has 4 heterocycles. The minimum absolute atomic E-state index is 0.207. The number of hydrogen-bond donors (Lipinski definition) is 0. The van der Waals surface area contributed by atoms with Gasteiger partial charge in [-0.15, -0.1) is 0 Å². The Labute approximate surface area is 103 Å². The average molecular weight is 239 g/mol. The van der Waals surface area contributed by atoms with Crippen LogP contribution in [0.3, 0.4) is 0 Å². The van der Waals surface area contributed by atoms with Gasteiger partial charge in [0, 0.05) is 5.41 Å². The summed E-state index contributed by atoms with van der Waals surface area (Å²) in [5.41, 5.74) is -0.207. The van der Waals surface area contributed by atoms with Crippen molar-refractivity contribution in [3.63, 3.8) is 0 Å². The Morgan fingerprint density at radius 1 is 1.00 bits per heavy atom. The molecular formula is C12H23N4O+. The Kier molecular flexibility index (Phi) is 2.39. The molecule has 17 heavy (non-hydrogen) atoms. The van der Waals surface area contributed by atoms with Crippen LogP contribution in [0.1, 0.15) is 20.8 Å². The van der Waals surface area contributed by atoms with E-state index in [0.29, 0.717) is 12.3 Å². The third-order valence-corrected chi connectivity index (χ3v) is 4.02. The van der Waals surface area contributed by atoms with Gasteiger partial charge in [0.25, 0.3) is 0 Å². The van der Waals surface area contributed by atoms with E-state index >= 15 is 0 Å². The molecule has 0 aliphatic carbocycles. The highest BCUT2D eigenvalue weighted by Gasteiger charge is 2.50. The summed E-state index contributed by atoms with van der Waals surface area (Å²) in [5.74, 6) is 0.392. The van der Waals surface area contributed by atoms with Gasteiger partial charge in [0.05, 0.1) is 20.0 Å². The Hall–Kier alpha value is -0.490. The summed E-state index contributed by atoms with van der Waals surface area (Å²) < 4.78 is 0.927. The zero-order valence-electron chi connectivity index (χ0n) is 11.1. The van der Waals surface area contributed by atoms with Crippen molar-refractivity contribution < 1.29 is 9.28 Å². The van der Waals surface area contributed by atoms with Crippen molar-refractivity contribution in [1.29, 1.82) is 0 Å². The van der Waals surface area contributed by atoms with Crippen LogP contribution in [0.2, 0.25) is 0 Å². The van der Waals surface area contributed by atoms with Gasteiger partial charge in [0.1, 0.15) is 26.6 Å². The maximum atomic E-state index is 12.3. The summed E-state index contributed by atoms with van der Waals surface area (Å²) in [6, 6.07) is 0. The van der Waals surface area contributed by atoms with Crippen LogP contribution in [0.25, 0.3) is 0 Å². The first-order valence-corrected chi connectivity index (χ1v) is 6.42. The monoisotopic (exact) mass is 239 g/mol. The Morgan fingerprint density at radius 2 is 1.41 bits per heavy atom. The smallest absolute Gasteiger partial charge is 0.192 e. The number of ketones is 1. The van der Waals surface area contributed by atoms with Gasteiger partial charge < -0.3 is 0 Å². The minimum atomic E-state index is -0.207. The van der Waals surface area contributed by atoms with Crippen molar-refractivity contribution in [1.82, 2.24) is 14.7 Å². The quantitative estimate of drug-likeness (QED) is 0.639. The van der Waals surface area contributed by atoms with E-state index in [9.17, 15) is 4.79 Å². The lowest BCUT2D eigenvalue weighted by Gasteiger charge is -2.60. The van der Waals surface area contributed by atoms with E-state index < -0.39 is 0 Å². The van der Waals surface area contributed by atoms with Gasteiger partial charge in [0.15, 0.2) is 5.78 Å². The van der Waals surface area contributed by atoms with Crippen LogP contribution < -0.4 is 0 Å². The predicted molar refractivity (Wildman–Crippen MR) is 64.3 cm³/mol. The largest absolute Gasteiger partial charge is 0.293 e. The zero-order chi connectivity index (χ0) is 12.3. The van der Waals surface area contributed by atoms with Crippen molar-refractivity contribution in [2.24, 2.45) is 5.41 Å². The van der Waals surface area contributed by atoms with Crippen LogP contribution in [-0.2, 0) is 4.79 Å². The molecule has 4 saturated heterocycles. The zero-order valence-corrected chi connectivity index (χ0v) is 11.1. The van der Waals surface area contributed by atoms with Crippen molar-refractivity contribution in [3.8, 4) is 0 Å². The summed E-state index contributed by atoms with van der Waals surface area (Å²) in [5, 5.41) is 0. The summed E-state index contributed by atoms with van der Waals surface area (Å²) in [7, 11) is 0. The Morgan fingerprint density at radius 3 is 1.76 bits per heavy atom. The number of Topliss-reactive ketones (excluding diaryl/α,β-unsaturated/α-hetero) is 1. The number of hydrogen-bond acceptors (Lipinski definition) is 4. The van der Waals surface area contributed by atoms with Crippen molar-refractivity contribution in [2.75, 3.05) is 46.6 Å². The van der Waals surface area contributed by atoms with Gasteiger partial charge in [0.2, 0.25) is 0 Å². The van der Waals surface area contributed by atoms with E-state index in [0.717, 1.165) is 44.5 Å². The van der Waals surface area contributed by atoms with Crippen LogP contribution in [0, 0.1) is 5.41 Å². The van der Waals surface area contributed by atoms with Crippen LogP contribution in [0.4, 0.5) is 0 Å². The fourth-order valence-electron chi connectivity index (χ4n) is 3.35. The molecule has 96 valence electrons. The fourth-order valence-corrected chi connectivity index (χ4v) is 3.35. The lowest BCUT2D eigenvalue weighted by molar-refractivity contribution is -0.973. The Bertz CT molecular complexity index is 312. The van der Waals surface area contributed by atoms with Gasteiger partial charge in [-0.1, -0.05) is 20.8 Å². The second-order valence-electron chi connectivity index (χ2n) is 7.03. The summed E-state index contributed by atoms with van der Waals surface area (Å²) >= 11 is 0. The van der Waals surface area contributed by atoms with E-state index in [1.54, 1.807) is 0 Å². The van der Waals surface area contributed by atoms with E-state index in [4.69, 9.17) is 0 Å². The minimum Gasteiger partial charge on any atom is -0.293 e. The number of carbonyl (C=O) groups excluding carboxylic acids is 1. The molecule has 4 bridgehead atoms. The molecule has 5 heteroatoms. The molecule has 0 aromatic carbocycles. The van der Waals surface area contributed by atoms with Crippen LogP contribution in [0.15, 0.2) is 0 Å². The summed E-state index contributed by atoms with van der Waals surface area (Å²) in [6.45, 7) is 13.2.